The van der Waals surface area contributed by atoms with Gasteiger partial charge in [0, 0.05) is 20.7 Å². The van der Waals surface area contributed by atoms with Gasteiger partial charge in [-0.1, -0.05) is 13.8 Å². The summed E-state index contributed by atoms with van der Waals surface area (Å²) in [6.07, 6.45) is 1.47. The van der Waals surface area contributed by atoms with Gasteiger partial charge in [-0.2, -0.15) is 0 Å². The van der Waals surface area contributed by atoms with Gasteiger partial charge in [0.1, 0.15) is 17.4 Å². The molecule has 0 spiro atoms. The highest BCUT2D eigenvalue weighted by molar-refractivity contribution is 5.69. The van der Waals surface area contributed by atoms with E-state index in [1.165, 1.54) is 11.6 Å². The Hall–Kier alpha value is -1.89. The maximum atomic E-state index is 12.1. The highest BCUT2D eigenvalue weighted by Gasteiger charge is 2.18. The zero-order valence-electron chi connectivity index (χ0n) is 12.3. The lowest BCUT2D eigenvalue weighted by atomic mass is 10.2. The Bertz CT molecular complexity index is 726. The van der Waals surface area contributed by atoms with Crippen LogP contribution in [0.3, 0.4) is 0 Å². The van der Waals surface area contributed by atoms with E-state index in [2.05, 4.69) is 9.97 Å². The molecule has 0 radical (unpaired) electrons. The predicted octanol–water partition coefficient (Wildman–Crippen LogP) is 0.838. The fourth-order valence-electron chi connectivity index (χ4n) is 2.15. The molecule has 110 valence electrons. The molecule has 7 heteroatoms. The lowest BCUT2D eigenvalue weighted by Gasteiger charge is -2.12. The quantitative estimate of drug-likeness (QED) is 0.879. The maximum Gasteiger partial charge on any atom is 0.332 e. The fraction of sp³-hybridized carbons (Fsp3) is 0.615. The molecule has 0 saturated heterocycles. The molecule has 1 unspecified atom stereocenters. The average molecular weight is 280 g/mol. The highest BCUT2D eigenvalue weighted by Crippen LogP contribution is 2.19. The van der Waals surface area contributed by atoms with Crippen LogP contribution in [-0.4, -0.2) is 25.7 Å². The van der Waals surface area contributed by atoms with Crippen molar-refractivity contribution in [2.24, 2.45) is 14.1 Å². The van der Waals surface area contributed by atoms with Crippen molar-refractivity contribution in [2.45, 2.75) is 32.8 Å². The number of aryl methyl sites for hydroxylation is 1. The van der Waals surface area contributed by atoms with Crippen molar-refractivity contribution in [2.75, 3.05) is 6.61 Å². The molecule has 1 atom stereocenters. The molecule has 2 aromatic rings. The fourth-order valence-corrected chi connectivity index (χ4v) is 2.15. The third-order valence-electron chi connectivity index (χ3n) is 3.31. The molecule has 2 heterocycles. The van der Waals surface area contributed by atoms with Crippen LogP contribution in [0.2, 0.25) is 0 Å². The Kier molecular flexibility index (Phi) is 4.08. The summed E-state index contributed by atoms with van der Waals surface area (Å²) in [5.74, 6) is 0.592. The van der Waals surface area contributed by atoms with Crippen LogP contribution in [0.4, 0.5) is 0 Å². The molecule has 0 aromatic carbocycles. The second-order valence-electron chi connectivity index (χ2n) is 4.79. The van der Waals surface area contributed by atoms with Crippen molar-refractivity contribution in [3.63, 3.8) is 0 Å². The van der Waals surface area contributed by atoms with Crippen LogP contribution in [0.1, 0.15) is 38.6 Å². The van der Waals surface area contributed by atoms with Gasteiger partial charge in [-0.15, -0.1) is 0 Å². The molecule has 20 heavy (non-hydrogen) atoms. The highest BCUT2D eigenvalue weighted by atomic mass is 16.5. The summed E-state index contributed by atoms with van der Waals surface area (Å²) in [5.41, 5.74) is -0.0509. The van der Waals surface area contributed by atoms with E-state index in [-0.39, 0.29) is 17.4 Å². The summed E-state index contributed by atoms with van der Waals surface area (Å²) >= 11 is 0. The van der Waals surface area contributed by atoms with Gasteiger partial charge >= 0.3 is 5.69 Å². The Balaban J connectivity index is 2.59. The van der Waals surface area contributed by atoms with E-state index in [0.717, 1.165) is 17.4 Å². The van der Waals surface area contributed by atoms with Crippen molar-refractivity contribution in [1.29, 1.82) is 0 Å². The number of aromatic amines is 1. The summed E-state index contributed by atoms with van der Waals surface area (Å²) < 4.78 is 8.14. The van der Waals surface area contributed by atoms with Crippen LogP contribution in [0.15, 0.2) is 9.59 Å². The minimum atomic E-state index is -0.386. The molecule has 7 nitrogen and oxygen atoms in total. The van der Waals surface area contributed by atoms with E-state index in [1.54, 1.807) is 7.05 Å². The minimum Gasteiger partial charge on any atom is -0.370 e. The zero-order chi connectivity index (χ0) is 14.9. The normalized spacial score (nSPS) is 13.0. The summed E-state index contributed by atoms with van der Waals surface area (Å²) in [4.78, 5) is 31.3. The van der Waals surface area contributed by atoms with Gasteiger partial charge in [0.25, 0.3) is 5.56 Å². The van der Waals surface area contributed by atoms with Crippen molar-refractivity contribution in [3.8, 4) is 0 Å². The number of hydrogen-bond donors (Lipinski definition) is 1. The molecule has 0 saturated carbocycles. The van der Waals surface area contributed by atoms with Gasteiger partial charge in [-0.05, 0) is 12.8 Å². The van der Waals surface area contributed by atoms with Crippen molar-refractivity contribution in [3.05, 3.63) is 26.7 Å². The molecule has 0 aliphatic heterocycles. The molecule has 1 N–H and O–H groups in total. The number of fused-ring (bicyclic) bond motifs is 1. The zero-order valence-corrected chi connectivity index (χ0v) is 12.3. The monoisotopic (exact) mass is 280 g/mol. The standard InChI is InChI=1S/C13H20N4O3/c1-5-7-20-8(6-2)10-14-9-11(15-10)16(3)13(19)17(4)12(9)18/h8H,5-7H2,1-4H3,(H,14,15). The van der Waals surface area contributed by atoms with Gasteiger partial charge in [0.2, 0.25) is 0 Å². The third kappa shape index (κ3) is 2.29. The number of hydrogen-bond acceptors (Lipinski definition) is 4. The largest absolute Gasteiger partial charge is 0.370 e. The third-order valence-corrected chi connectivity index (χ3v) is 3.31. The summed E-state index contributed by atoms with van der Waals surface area (Å²) in [7, 11) is 3.05. The first-order chi connectivity index (χ1) is 9.51. The van der Waals surface area contributed by atoms with E-state index in [0.29, 0.717) is 23.6 Å². The summed E-state index contributed by atoms with van der Waals surface area (Å²) in [5, 5.41) is 0. The molecular formula is C13H20N4O3. The first-order valence-electron chi connectivity index (χ1n) is 6.78. The van der Waals surface area contributed by atoms with Gasteiger partial charge in [-0.3, -0.25) is 13.9 Å². The van der Waals surface area contributed by atoms with Gasteiger partial charge in [-0.25, -0.2) is 9.78 Å². The van der Waals surface area contributed by atoms with Crippen LogP contribution in [0.25, 0.3) is 11.2 Å². The lowest BCUT2D eigenvalue weighted by Crippen LogP contribution is -2.36. The van der Waals surface area contributed by atoms with Crippen molar-refractivity contribution in [1.82, 2.24) is 19.1 Å². The SMILES string of the molecule is CCCOC(CC)c1nc2c([nH]1)c(=O)n(C)c(=O)n2C. The molecule has 0 aliphatic carbocycles. The van der Waals surface area contributed by atoms with Crippen LogP contribution in [0, 0.1) is 0 Å². The lowest BCUT2D eigenvalue weighted by molar-refractivity contribution is 0.0452. The molecule has 0 amide bonds. The Labute approximate surface area is 116 Å². The smallest absolute Gasteiger partial charge is 0.332 e. The Morgan fingerprint density at radius 2 is 1.95 bits per heavy atom. The maximum absolute atomic E-state index is 12.1. The van der Waals surface area contributed by atoms with E-state index in [1.807, 2.05) is 13.8 Å². The first kappa shape index (κ1) is 14.5. The van der Waals surface area contributed by atoms with Crippen LogP contribution >= 0.6 is 0 Å². The molecular weight excluding hydrogens is 260 g/mol. The number of H-pyrrole nitrogens is 1. The van der Waals surface area contributed by atoms with Crippen LogP contribution in [0.5, 0.6) is 0 Å². The van der Waals surface area contributed by atoms with E-state index >= 15 is 0 Å². The van der Waals surface area contributed by atoms with Crippen molar-refractivity contribution >= 4 is 11.2 Å². The number of ether oxygens (including phenoxy) is 1. The molecule has 2 rings (SSSR count). The predicted molar refractivity (Wildman–Crippen MR) is 75.9 cm³/mol. The number of aromatic nitrogens is 4. The average Bonchev–Trinajstić information content (AvgIpc) is 2.89. The van der Waals surface area contributed by atoms with Gasteiger partial charge in [0.05, 0.1) is 0 Å². The van der Waals surface area contributed by atoms with E-state index < -0.39 is 0 Å². The number of nitrogens with one attached hydrogen (secondary N) is 1. The summed E-state index contributed by atoms with van der Waals surface area (Å²) in [6.45, 7) is 4.65. The molecule has 0 aliphatic rings. The van der Waals surface area contributed by atoms with E-state index in [4.69, 9.17) is 4.74 Å². The van der Waals surface area contributed by atoms with Crippen LogP contribution in [-0.2, 0) is 18.8 Å². The second-order valence-corrected chi connectivity index (χ2v) is 4.79. The molecule has 0 fully saturated rings. The second kappa shape index (κ2) is 5.62. The number of nitrogens with zero attached hydrogens (tertiary/aromatic N) is 3. The number of rotatable bonds is 5. The van der Waals surface area contributed by atoms with E-state index in [9.17, 15) is 9.59 Å². The van der Waals surface area contributed by atoms with Crippen LogP contribution < -0.4 is 11.2 Å². The Morgan fingerprint density at radius 3 is 2.55 bits per heavy atom. The molecule has 2 aromatic heterocycles. The summed E-state index contributed by atoms with van der Waals surface area (Å²) in [6, 6.07) is 0. The van der Waals surface area contributed by atoms with Gasteiger partial charge < -0.3 is 9.72 Å². The van der Waals surface area contributed by atoms with Crippen molar-refractivity contribution < 1.29 is 4.74 Å². The minimum absolute atomic E-state index is 0.192. The first-order valence-corrected chi connectivity index (χ1v) is 6.78. The topological polar surface area (TPSA) is 81.9 Å². The number of imidazole rings is 1. The Morgan fingerprint density at radius 1 is 1.25 bits per heavy atom. The van der Waals surface area contributed by atoms with Gasteiger partial charge in [0.15, 0.2) is 5.65 Å². The molecule has 0 bridgehead atoms.